The summed E-state index contributed by atoms with van der Waals surface area (Å²) in [5.74, 6) is 3.05. The lowest BCUT2D eigenvalue weighted by Gasteiger charge is -2.15. The molecule has 0 aromatic carbocycles. The van der Waals surface area contributed by atoms with Gasteiger partial charge in [0, 0.05) is 25.5 Å². The molecule has 0 amide bonds. The second-order valence-corrected chi connectivity index (χ2v) is 5.02. The fourth-order valence-electron chi connectivity index (χ4n) is 2.41. The summed E-state index contributed by atoms with van der Waals surface area (Å²) < 4.78 is 5.56. The van der Waals surface area contributed by atoms with E-state index >= 15 is 0 Å². The molecular weight excluding hydrogens is 240 g/mol. The largest absolute Gasteiger partial charge is 0.461 e. The van der Waals surface area contributed by atoms with E-state index in [-0.39, 0.29) is 0 Å². The highest BCUT2D eigenvalue weighted by molar-refractivity contribution is 5.56. The zero-order chi connectivity index (χ0) is 13.2. The lowest BCUT2D eigenvalue weighted by Crippen LogP contribution is -2.24. The van der Waals surface area contributed by atoms with Gasteiger partial charge in [0.1, 0.15) is 11.5 Å². The van der Waals surface area contributed by atoms with E-state index in [1.165, 1.54) is 0 Å². The SMILES string of the molecule is Cc1ccc(-c2cnc(N3CCC(CN)C3)nc2)o1. The Labute approximate surface area is 112 Å². The highest BCUT2D eigenvalue weighted by atomic mass is 16.3. The molecule has 1 aliphatic rings. The van der Waals surface area contributed by atoms with E-state index in [2.05, 4.69) is 14.9 Å². The molecule has 1 saturated heterocycles. The number of furan rings is 1. The molecule has 1 atom stereocenters. The van der Waals surface area contributed by atoms with Gasteiger partial charge in [-0.3, -0.25) is 0 Å². The maximum Gasteiger partial charge on any atom is 0.225 e. The monoisotopic (exact) mass is 258 g/mol. The minimum absolute atomic E-state index is 0.566. The fourth-order valence-corrected chi connectivity index (χ4v) is 2.41. The van der Waals surface area contributed by atoms with Crippen molar-refractivity contribution in [2.24, 2.45) is 11.7 Å². The molecule has 100 valence electrons. The van der Waals surface area contributed by atoms with Gasteiger partial charge in [0.2, 0.25) is 5.95 Å². The molecule has 0 aliphatic carbocycles. The van der Waals surface area contributed by atoms with Gasteiger partial charge in [-0.05, 0) is 37.9 Å². The molecule has 3 rings (SSSR count). The van der Waals surface area contributed by atoms with Gasteiger partial charge >= 0.3 is 0 Å². The highest BCUT2D eigenvalue weighted by Gasteiger charge is 2.23. The molecule has 19 heavy (non-hydrogen) atoms. The van der Waals surface area contributed by atoms with Crippen LogP contribution in [0.4, 0.5) is 5.95 Å². The standard InChI is InChI=1S/C14H18N4O/c1-10-2-3-13(19-10)12-7-16-14(17-8-12)18-5-4-11(6-15)9-18/h2-3,7-8,11H,4-6,9,15H2,1H3. The summed E-state index contributed by atoms with van der Waals surface area (Å²) in [5, 5.41) is 0. The van der Waals surface area contributed by atoms with Gasteiger partial charge in [0.15, 0.2) is 0 Å². The van der Waals surface area contributed by atoms with E-state index < -0.39 is 0 Å². The van der Waals surface area contributed by atoms with E-state index in [0.29, 0.717) is 5.92 Å². The summed E-state index contributed by atoms with van der Waals surface area (Å²) in [4.78, 5) is 11.0. The zero-order valence-corrected chi connectivity index (χ0v) is 11.0. The molecule has 1 aliphatic heterocycles. The van der Waals surface area contributed by atoms with Crippen molar-refractivity contribution >= 4 is 5.95 Å². The number of hydrogen-bond acceptors (Lipinski definition) is 5. The number of nitrogens with zero attached hydrogens (tertiary/aromatic N) is 3. The van der Waals surface area contributed by atoms with Crippen molar-refractivity contribution in [3.8, 4) is 11.3 Å². The Hall–Kier alpha value is -1.88. The van der Waals surface area contributed by atoms with Crippen molar-refractivity contribution < 1.29 is 4.42 Å². The summed E-state index contributed by atoms with van der Waals surface area (Å²) in [6.07, 6.45) is 4.76. The van der Waals surface area contributed by atoms with Crippen molar-refractivity contribution in [2.75, 3.05) is 24.5 Å². The molecule has 0 saturated carbocycles. The summed E-state index contributed by atoms with van der Waals surface area (Å²) >= 11 is 0. The van der Waals surface area contributed by atoms with E-state index in [0.717, 1.165) is 49.1 Å². The lowest BCUT2D eigenvalue weighted by atomic mass is 10.1. The molecule has 2 aromatic rings. The van der Waals surface area contributed by atoms with Crippen LogP contribution in [0.1, 0.15) is 12.2 Å². The van der Waals surface area contributed by atoms with E-state index in [1.54, 1.807) is 0 Å². The first-order valence-corrected chi connectivity index (χ1v) is 6.60. The molecule has 0 radical (unpaired) electrons. The van der Waals surface area contributed by atoms with Gasteiger partial charge in [-0.25, -0.2) is 9.97 Å². The fraction of sp³-hybridized carbons (Fsp3) is 0.429. The predicted octanol–water partition coefficient (Wildman–Crippen LogP) is 1.83. The first-order chi connectivity index (χ1) is 9.26. The predicted molar refractivity (Wildman–Crippen MR) is 73.8 cm³/mol. The van der Waals surface area contributed by atoms with Gasteiger partial charge in [0.25, 0.3) is 0 Å². The lowest BCUT2D eigenvalue weighted by molar-refractivity contribution is 0.548. The molecule has 5 heteroatoms. The third kappa shape index (κ3) is 2.46. The summed E-state index contributed by atoms with van der Waals surface area (Å²) in [7, 11) is 0. The zero-order valence-electron chi connectivity index (χ0n) is 11.0. The van der Waals surface area contributed by atoms with Crippen molar-refractivity contribution in [1.82, 2.24) is 9.97 Å². The van der Waals surface area contributed by atoms with Gasteiger partial charge in [-0.1, -0.05) is 0 Å². The molecule has 5 nitrogen and oxygen atoms in total. The van der Waals surface area contributed by atoms with Crippen LogP contribution in [0, 0.1) is 12.8 Å². The van der Waals surface area contributed by atoms with Crippen LogP contribution in [0.15, 0.2) is 28.9 Å². The van der Waals surface area contributed by atoms with Crippen LogP contribution in [0.3, 0.4) is 0 Å². The average Bonchev–Trinajstić information content (AvgIpc) is 3.07. The molecule has 1 unspecified atom stereocenters. The van der Waals surface area contributed by atoms with E-state index in [1.807, 2.05) is 31.5 Å². The molecule has 0 spiro atoms. The van der Waals surface area contributed by atoms with Crippen LogP contribution in [-0.4, -0.2) is 29.6 Å². The number of aryl methyl sites for hydroxylation is 1. The van der Waals surface area contributed by atoms with Crippen molar-refractivity contribution in [3.05, 3.63) is 30.3 Å². The Balaban J connectivity index is 1.76. The molecule has 3 heterocycles. The number of aromatic nitrogens is 2. The van der Waals surface area contributed by atoms with Gasteiger partial charge in [-0.15, -0.1) is 0 Å². The van der Waals surface area contributed by atoms with Crippen LogP contribution in [0.5, 0.6) is 0 Å². The second-order valence-electron chi connectivity index (χ2n) is 5.02. The Bertz CT molecular complexity index is 549. The van der Waals surface area contributed by atoms with Gasteiger partial charge < -0.3 is 15.1 Å². The van der Waals surface area contributed by atoms with Crippen molar-refractivity contribution in [2.45, 2.75) is 13.3 Å². The third-order valence-corrected chi connectivity index (χ3v) is 3.57. The summed E-state index contributed by atoms with van der Waals surface area (Å²) in [6.45, 7) is 4.60. The van der Waals surface area contributed by atoms with Gasteiger partial charge in [-0.2, -0.15) is 0 Å². The number of rotatable bonds is 3. The smallest absolute Gasteiger partial charge is 0.225 e. The minimum Gasteiger partial charge on any atom is -0.461 e. The summed E-state index contributed by atoms with van der Waals surface area (Å²) in [5.41, 5.74) is 6.61. The number of hydrogen-bond donors (Lipinski definition) is 1. The number of anilines is 1. The van der Waals surface area contributed by atoms with Gasteiger partial charge in [0.05, 0.1) is 5.56 Å². The molecule has 1 fully saturated rings. The van der Waals surface area contributed by atoms with E-state index in [9.17, 15) is 0 Å². The Morgan fingerprint density at radius 3 is 2.74 bits per heavy atom. The molecule has 0 bridgehead atoms. The average molecular weight is 258 g/mol. The summed E-state index contributed by atoms with van der Waals surface area (Å²) in [6, 6.07) is 3.88. The molecule has 2 N–H and O–H groups in total. The van der Waals surface area contributed by atoms with Crippen LogP contribution in [0.2, 0.25) is 0 Å². The van der Waals surface area contributed by atoms with E-state index in [4.69, 9.17) is 10.2 Å². The molecular formula is C14H18N4O. The highest BCUT2D eigenvalue weighted by Crippen LogP contribution is 2.23. The van der Waals surface area contributed by atoms with Crippen LogP contribution in [0.25, 0.3) is 11.3 Å². The minimum atomic E-state index is 0.566. The molecule has 2 aromatic heterocycles. The first-order valence-electron chi connectivity index (χ1n) is 6.60. The third-order valence-electron chi connectivity index (χ3n) is 3.57. The van der Waals surface area contributed by atoms with Crippen molar-refractivity contribution in [1.29, 1.82) is 0 Å². The van der Waals surface area contributed by atoms with Crippen LogP contribution >= 0.6 is 0 Å². The topological polar surface area (TPSA) is 68.2 Å². The maximum absolute atomic E-state index is 5.70. The van der Waals surface area contributed by atoms with Crippen molar-refractivity contribution in [3.63, 3.8) is 0 Å². The van der Waals surface area contributed by atoms with Crippen LogP contribution in [-0.2, 0) is 0 Å². The quantitative estimate of drug-likeness (QED) is 0.909. The Kier molecular flexibility index (Phi) is 3.21. The number of nitrogens with two attached hydrogens (primary N) is 1. The Morgan fingerprint density at radius 1 is 1.37 bits per heavy atom. The normalized spacial score (nSPS) is 19.1. The Morgan fingerprint density at radius 2 is 2.16 bits per heavy atom. The first kappa shape index (κ1) is 12.2. The second kappa shape index (κ2) is 5.01. The maximum atomic E-state index is 5.70. The van der Waals surface area contributed by atoms with Crippen LogP contribution < -0.4 is 10.6 Å².